The van der Waals surface area contributed by atoms with E-state index in [1.54, 1.807) is 14.0 Å². The van der Waals surface area contributed by atoms with Crippen LogP contribution in [0.5, 0.6) is 0 Å². The smallest absolute Gasteiger partial charge is 0.306 e. The molecule has 0 atom stereocenters. The molecule has 7 heteroatoms. The van der Waals surface area contributed by atoms with Crippen molar-refractivity contribution in [1.82, 2.24) is 0 Å². The van der Waals surface area contributed by atoms with E-state index in [1.165, 1.54) is 92.5 Å². The fourth-order valence-electron chi connectivity index (χ4n) is 14.5. The van der Waals surface area contributed by atoms with Gasteiger partial charge in [0, 0.05) is 85.1 Å². The summed E-state index contributed by atoms with van der Waals surface area (Å²) in [5.74, 6) is -0.0263. The van der Waals surface area contributed by atoms with Crippen molar-refractivity contribution in [1.29, 1.82) is 0 Å². The number of aryl methyl sites for hydroxylation is 2. The van der Waals surface area contributed by atoms with E-state index < -0.39 is 0 Å². The van der Waals surface area contributed by atoms with E-state index in [0.29, 0.717) is 25.9 Å². The number of methoxy groups -OCH3 is 1. The molecule has 0 bridgehead atoms. The largest absolute Gasteiger partial charge is 0.463 e. The van der Waals surface area contributed by atoms with Gasteiger partial charge in [0.05, 0.1) is 6.61 Å². The van der Waals surface area contributed by atoms with Gasteiger partial charge in [-0.3, -0.25) is 4.79 Å². The summed E-state index contributed by atoms with van der Waals surface area (Å²) in [6.45, 7) is 11.6. The lowest BCUT2D eigenvalue weighted by atomic mass is 9.81. The predicted octanol–water partition coefficient (Wildman–Crippen LogP) is 22.9. The summed E-state index contributed by atoms with van der Waals surface area (Å²) >= 11 is 1.84. The number of thiophene rings is 1. The number of ketones is 1. The van der Waals surface area contributed by atoms with Gasteiger partial charge in [-0.05, 0) is 217 Å². The zero-order chi connectivity index (χ0) is 65.0. The molecule has 2 aliphatic rings. The van der Waals surface area contributed by atoms with Crippen LogP contribution in [-0.4, -0.2) is 32.1 Å². The van der Waals surface area contributed by atoms with Crippen molar-refractivity contribution in [2.75, 3.05) is 30.1 Å². The number of nitrogens with zero attached hydrogens (tertiary/aromatic N) is 2. The Kier molecular flexibility index (Phi) is 16.1. The Morgan fingerprint density at radius 1 is 0.358 bits per heavy atom. The third-order valence-electron chi connectivity index (χ3n) is 19.8. The molecule has 6 nitrogen and oxygen atoms in total. The average molecular weight is 1260 g/mol. The lowest BCUT2D eigenvalue weighted by molar-refractivity contribution is -0.144. The standard InChI is InChI=1S/C88H74N2O4S/c1-57(91)15-16-58-17-34-68(35-18-58)89(70-38-22-60(23-39-70)64-30-46-76-74-11-7-9-13-80(74)87(2,3)82(76)53-64)72-42-26-62(27-43-72)66-32-48-78-79-49-33-67(56-85(79)95-84(78)55-66)63-28-44-73(45-29-63)90(69-36-19-59(20-37-69)21-50-86(92)94-52-51-93-6)71-40-24-61(25-41-71)65-31-47-77-75-12-8-10-14-81(75)88(4,5)83(77)54-65/h7-14,17-20,22-49,53-56H,15-16,21,50-52H2,1-6H3. The number of benzene rings is 12. The maximum absolute atomic E-state index is 12.5. The highest BCUT2D eigenvalue weighted by Gasteiger charge is 2.37. The van der Waals surface area contributed by atoms with Gasteiger partial charge in [-0.25, -0.2) is 0 Å². The highest BCUT2D eigenvalue weighted by molar-refractivity contribution is 7.25. The van der Waals surface area contributed by atoms with Gasteiger partial charge >= 0.3 is 5.97 Å². The number of fused-ring (bicyclic) bond motifs is 9. The van der Waals surface area contributed by atoms with Crippen LogP contribution in [0.15, 0.2) is 267 Å². The molecule has 0 saturated heterocycles. The van der Waals surface area contributed by atoms with Crippen LogP contribution < -0.4 is 9.80 Å². The third kappa shape index (κ3) is 11.6. The van der Waals surface area contributed by atoms with E-state index in [1.807, 2.05) is 11.3 Å². The molecule has 95 heavy (non-hydrogen) atoms. The Morgan fingerprint density at radius 2 is 0.684 bits per heavy atom. The third-order valence-corrected chi connectivity index (χ3v) is 20.9. The molecule has 1 aromatic heterocycles. The van der Waals surface area contributed by atoms with E-state index in [9.17, 15) is 9.59 Å². The molecule has 15 rings (SSSR count). The SMILES string of the molecule is COCCOC(=O)CCc1ccc(N(c2ccc(-c3ccc4c(c3)C(C)(C)c3ccccc3-4)cc2)c2ccc(-c3ccc4c(c3)sc3cc(-c5ccc(N(c6ccc(CCC(C)=O)cc6)c6ccc(-c7ccc8c(c7)C(C)(C)c7ccccc7-8)cc6)cc5)ccc34)cc2)cc1. The van der Waals surface area contributed by atoms with Crippen molar-refractivity contribution in [3.63, 3.8) is 0 Å². The van der Waals surface area contributed by atoms with Gasteiger partial charge in [0.1, 0.15) is 12.4 Å². The molecular formula is C88H74N2O4S. The van der Waals surface area contributed by atoms with E-state index in [2.05, 4.69) is 304 Å². The molecule has 0 amide bonds. The second kappa shape index (κ2) is 25.1. The van der Waals surface area contributed by atoms with E-state index in [4.69, 9.17) is 9.47 Å². The molecule has 0 N–H and O–H groups in total. The van der Waals surface area contributed by atoms with E-state index in [-0.39, 0.29) is 29.2 Å². The summed E-state index contributed by atoms with van der Waals surface area (Å²) in [5, 5.41) is 2.50. The van der Waals surface area contributed by atoms with Crippen LogP contribution in [0.4, 0.5) is 34.1 Å². The zero-order valence-electron chi connectivity index (χ0n) is 54.6. The van der Waals surface area contributed by atoms with Gasteiger partial charge in [-0.1, -0.05) is 198 Å². The molecule has 0 spiro atoms. The van der Waals surface area contributed by atoms with Gasteiger partial charge in [-0.2, -0.15) is 0 Å². The average Bonchev–Trinajstić information content (AvgIpc) is 1.61. The summed E-state index contributed by atoms with van der Waals surface area (Å²) in [7, 11) is 1.60. The number of ether oxygens (including phenoxy) is 2. The first kappa shape index (κ1) is 60.8. The van der Waals surface area contributed by atoms with Crippen molar-refractivity contribution >= 4 is 77.4 Å². The fraction of sp³-hybridized carbons (Fsp3) is 0.159. The Balaban J connectivity index is 0.690. The maximum Gasteiger partial charge on any atom is 0.306 e. The lowest BCUT2D eigenvalue weighted by Gasteiger charge is -2.26. The lowest BCUT2D eigenvalue weighted by Crippen LogP contribution is -2.14. The van der Waals surface area contributed by atoms with Crippen molar-refractivity contribution in [2.45, 2.75) is 71.1 Å². The Bertz CT molecular complexity index is 5040. The molecular weight excluding hydrogens is 1180 g/mol. The normalized spacial score (nSPS) is 13.1. The number of Topliss-reactive ketones (excluding diaryl/α,β-unsaturated/α-hetero) is 1. The summed E-state index contributed by atoms with van der Waals surface area (Å²) in [6.07, 6.45) is 2.15. The van der Waals surface area contributed by atoms with Gasteiger partial charge < -0.3 is 24.1 Å². The van der Waals surface area contributed by atoms with Gasteiger partial charge in [0.2, 0.25) is 0 Å². The number of hydrogen-bond acceptors (Lipinski definition) is 7. The first-order chi connectivity index (χ1) is 46.2. The summed E-state index contributed by atoms with van der Waals surface area (Å²) in [6, 6.07) is 98.2. The number of carbonyl (C=O) groups excluding carboxylic acids is 2. The molecule has 466 valence electrons. The molecule has 13 aromatic rings. The first-order valence-corrected chi connectivity index (χ1v) is 33.9. The number of carbonyl (C=O) groups is 2. The van der Waals surface area contributed by atoms with Crippen molar-refractivity contribution in [3.8, 4) is 66.8 Å². The molecule has 2 aliphatic carbocycles. The summed E-state index contributed by atoms with van der Waals surface area (Å²) in [4.78, 5) is 29.0. The highest BCUT2D eigenvalue weighted by Crippen LogP contribution is 2.52. The van der Waals surface area contributed by atoms with Crippen LogP contribution in [0, 0.1) is 0 Å². The molecule has 0 saturated carbocycles. The van der Waals surface area contributed by atoms with Crippen LogP contribution in [0.2, 0.25) is 0 Å². The molecule has 0 unspecified atom stereocenters. The minimum Gasteiger partial charge on any atom is -0.463 e. The topological polar surface area (TPSA) is 59.1 Å². The molecule has 0 fully saturated rings. The second-order valence-corrected chi connectivity index (χ2v) is 27.6. The Morgan fingerprint density at radius 3 is 1.06 bits per heavy atom. The summed E-state index contributed by atoms with van der Waals surface area (Å²) < 4.78 is 12.9. The fourth-order valence-corrected chi connectivity index (χ4v) is 15.7. The minimum absolute atomic E-state index is 0.0737. The van der Waals surface area contributed by atoms with Crippen LogP contribution in [0.3, 0.4) is 0 Å². The van der Waals surface area contributed by atoms with Crippen LogP contribution in [0.25, 0.3) is 86.9 Å². The van der Waals surface area contributed by atoms with E-state index in [0.717, 1.165) is 68.4 Å². The maximum atomic E-state index is 12.5. The number of esters is 1. The predicted molar refractivity (Wildman–Crippen MR) is 396 cm³/mol. The molecule has 0 radical (unpaired) electrons. The van der Waals surface area contributed by atoms with Crippen LogP contribution >= 0.6 is 11.3 Å². The van der Waals surface area contributed by atoms with Crippen molar-refractivity contribution in [2.24, 2.45) is 0 Å². The van der Waals surface area contributed by atoms with Crippen molar-refractivity contribution < 1.29 is 19.1 Å². The second-order valence-electron chi connectivity index (χ2n) is 26.5. The highest BCUT2D eigenvalue weighted by atomic mass is 32.1. The number of rotatable bonds is 19. The molecule has 12 aromatic carbocycles. The monoisotopic (exact) mass is 1250 g/mol. The number of hydrogen-bond donors (Lipinski definition) is 0. The quantitative estimate of drug-likeness (QED) is 0.0594. The zero-order valence-corrected chi connectivity index (χ0v) is 55.4. The van der Waals surface area contributed by atoms with Gasteiger partial charge in [0.15, 0.2) is 0 Å². The van der Waals surface area contributed by atoms with Crippen molar-refractivity contribution in [3.05, 3.63) is 300 Å². The van der Waals surface area contributed by atoms with Crippen LogP contribution in [-0.2, 0) is 42.7 Å². The van der Waals surface area contributed by atoms with E-state index >= 15 is 0 Å². The van der Waals surface area contributed by atoms with Gasteiger partial charge in [0.25, 0.3) is 0 Å². The molecule has 0 aliphatic heterocycles. The number of anilines is 6. The Labute approximate surface area is 561 Å². The first-order valence-electron chi connectivity index (χ1n) is 33.0. The minimum atomic E-state index is -0.226. The molecule has 1 heterocycles. The van der Waals surface area contributed by atoms with Crippen LogP contribution in [0.1, 0.15) is 80.8 Å². The summed E-state index contributed by atoms with van der Waals surface area (Å²) in [5.41, 5.74) is 28.5. The Hall–Kier alpha value is -10.4. The van der Waals surface area contributed by atoms with Gasteiger partial charge in [-0.15, -0.1) is 11.3 Å².